The van der Waals surface area contributed by atoms with E-state index >= 15 is 0 Å². The maximum Gasteiger partial charge on any atom is 0.179 e. The van der Waals surface area contributed by atoms with E-state index in [-0.39, 0.29) is 0 Å². The van der Waals surface area contributed by atoms with E-state index in [4.69, 9.17) is 0 Å². The lowest BCUT2D eigenvalue weighted by atomic mass is 10.1. The maximum absolute atomic E-state index is 4.32. The summed E-state index contributed by atoms with van der Waals surface area (Å²) in [7, 11) is -2.62. The smallest absolute Gasteiger partial charge is 0.179 e. The van der Waals surface area contributed by atoms with Gasteiger partial charge in [0.05, 0.1) is 29.1 Å². The van der Waals surface area contributed by atoms with Crippen molar-refractivity contribution >= 4 is 50.6 Å². The molecule has 0 N–H and O–H groups in total. The third-order valence-corrected chi connectivity index (χ3v) is 12.6. The molecular weight excluding hydrogens is 490 g/mol. The molecule has 0 spiro atoms. The molecule has 0 saturated heterocycles. The molecule has 0 amide bonds. The average molecular weight is 518 g/mol. The van der Waals surface area contributed by atoms with E-state index in [9.17, 15) is 0 Å². The molecule has 0 aliphatic carbocycles. The van der Waals surface area contributed by atoms with Gasteiger partial charge in [0.15, 0.2) is 8.07 Å². The van der Waals surface area contributed by atoms with Crippen molar-refractivity contribution in [2.45, 2.75) is 6.92 Å². The minimum Gasteiger partial charge on any atom is -0.306 e. The molecule has 0 fully saturated rings. The zero-order valence-corrected chi connectivity index (χ0v) is 22.7. The molecule has 4 heteroatoms. The van der Waals surface area contributed by atoms with Crippen molar-refractivity contribution in [1.29, 1.82) is 0 Å². The Morgan fingerprint density at radius 3 is 1.54 bits per heavy atom. The molecule has 0 aliphatic rings. The van der Waals surface area contributed by atoms with Crippen molar-refractivity contribution in [1.82, 2.24) is 14.5 Å². The van der Waals surface area contributed by atoms with Gasteiger partial charge in [-0.05, 0) is 45.9 Å². The highest BCUT2D eigenvalue weighted by Crippen LogP contribution is 2.32. The molecule has 0 bridgehead atoms. The van der Waals surface area contributed by atoms with E-state index in [1.807, 2.05) is 12.4 Å². The monoisotopic (exact) mass is 517 g/mol. The van der Waals surface area contributed by atoms with Crippen LogP contribution in [0.1, 0.15) is 5.56 Å². The highest BCUT2D eigenvalue weighted by atomic mass is 28.3. The van der Waals surface area contributed by atoms with Crippen LogP contribution in [0.3, 0.4) is 0 Å². The second-order valence-corrected chi connectivity index (χ2v) is 13.8. The SMILES string of the molecule is Cc1ccc2c(c1)c1cc([Si](c3ccccc3)(c3ccccc3)c3ccccc3)ccc1n2-c1cncnc1. The van der Waals surface area contributed by atoms with Crippen LogP contribution in [0.2, 0.25) is 0 Å². The molecular formula is C35H27N3Si. The molecule has 0 saturated carbocycles. The molecule has 2 heterocycles. The van der Waals surface area contributed by atoms with Crippen LogP contribution >= 0.6 is 0 Å². The summed E-state index contributed by atoms with van der Waals surface area (Å²) >= 11 is 0. The summed E-state index contributed by atoms with van der Waals surface area (Å²) in [6.07, 6.45) is 5.35. The standard InChI is InChI=1S/C35H27N3Si/c1-26-17-19-34-32(21-26)33-22-31(18-20-35(33)38(34)27-23-36-25-37-24-27)39(28-11-5-2-6-12-28,29-13-7-3-8-14-29)30-15-9-4-10-16-30/h2-25H,1H3. The molecule has 0 atom stereocenters. The highest BCUT2D eigenvalue weighted by molar-refractivity contribution is 7.20. The number of rotatable bonds is 5. The number of hydrogen-bond donors (Lipinski definition) is 0. The minimum absolute atomic E-state index is 0.965. The first-order chi connectivity index (χ1) is 19.3. The third kappa shape index (κ3) is 3.72. The first kappa shape index (κ1) is 23.3. The maximum atomic E-state index is 4.32. The quantitative estimate of drug-likeness (QED) is 0.230. The first-order valence-corrected chi connectivity index (χ1v) is 15.2. The first-order valence-electron chi connectivity index (χ1n) is 13.2. The molecule has 3 nitrogen and oxygen atoms in total. The summed E-state index contributed by atoms with van der Waals surface area (Å²) in [5.74, 6) is 0. The zero-order valence-electron chi connectivity index (χ0n) is 21.7. The molecule has 39 heavy (non-hydrogen) atoms. The molecule has 7 aromatic rings. The Kier molecular flexibility index (Phi) is 5.68. The zero-order chi connectivity index (χ0) is 26.2. The fraction of sp³-hybridized carbons (Fsp3) is 0.0286. The van der Waals surface area contributed by atoms with E-state index in [0.29, 0.717) is 0 Å². The van der Waals surface area contributed by atoms with Crippen molar-refractivity contribution < 1.29 is 0 Å². The van der Waals surface area contributed by atoms with Gasteiger partial charge in [0.1, 0.15) is 6.33 Å². The van der Waals surface area contributed by atoms with Gasteiger partial charge in [-0.15, -0.1) is 0 Å². The Hall–Kier alpha value is -4.80. The van der Waals surface area contributed by atoms with Gasteiger partial charge in [-0.3, -0.25) is 0 Å². The van der Waals surface area contributed by atoms with Gasteiger partial charge >= 0.3 is 0 Å². The minimum atomic E-state index is -2.62. The van der Waals surface area contributed by atoms with Gasteiger partial charge in [-0.2, -0.15) is 0 Å². The number of aryl methyl sites for hydroxylation is 1. The fourth-order valence-corrected chi connectivity index (χ4v) is 10.9. The summed E-state index contributed by atoms with van der Waals surface area (Å²) in [6, 6.07) is 47.0. The number of hydrogen-bond acceptors (Lipinski definition) is 2. The Bertz CT molecular complexity index is 1800. The lowest BCUT2D eigenvalue weighted by molar-refractivity contribution is 1.07. The molecule has 0 aliphatic heterocycles. The van der Waals surface area contributed by atoms with E-state index in [2.05, 4.69) is 149 Å². The lowest BCUT2D eigenvalue weighted by Crippen LogP contribution is -2.74. The summed E-state index contributed by atoms with van der Waals surface area (Å²) in [5, 5.41) is 7.97. The van der Waals surface area contributed by atoms with Gasteiger partial charge in [0.2, 0.25) is 0 Å². The van der Waals surface area contributed by atoms with Crippen LogP contribution in [0, 0.1) is 6.92 Å². The summed E-state index contributed by atoms with van der Waals surface area (Å²) in [6.45, 7) is 2.16. The van der Waals surface area contributed by atoms with E-state index in [1.54, 1.807) is 6.33 Å². The van der Waals surface area contributed by atoms with Gasteiger partial charge in [-0.1, -0.05) is 115 Å². The Labute approximate surface area is 229 Å². The van der Waals surface area contributed by atoms with Crippen molar-refractivity contribution in [3.05, 3.63) is 152 Å². The molecule has 5 aromatic carbocycles. The van der Waals surface area contributed by atoms with Crippen LogP contribution < -0.4 is 20.7 Å². The molecule has 186 valence electrons. The summed E-state index contributed by atoms with van der Waals surface area (Å²) in [4.78, 5) is 8.65. The summed E-state index contributed by atoms with van der Waals surface area (Å²) in [5.41, 5.74) is 4.53. The van der Waals surface area contributed by atoms with Gasteiger partial charge in [0.25, 0.3) is 0 Å². The molecule has 2 aromatic heterocycles. The number of aromatic nitrogens is 3. The number of benzene rings is 5. The van der Waals surface area contributed by atoms with Crippen LogP contribution in [0.25, 0.3) is 27.5 Å². The molecule has 7 rings (SSSR count). The Balaban J connectivity index is 1.62. The fourth-order valence-electron chi connectivity index (χ4n) is 6.12. The van der Waals surface area contributed by atoms with E-state index in [1.165, 1.54) is 37.1 Å². The third-order valence-electron chi connectivity index (χ3n) is 7.78. The highest BCUT2D eigenvalue weighted by Gasteiger charge is 2.41. The molecule has 0 unspecified atom stereocenters. The average Bonchev–Trinajstić information content (AvgIpc) is 3.33. The van der Waals surface area contributed by atoms with Crippen molar-refractivity contribution in [2.75, 3.05) is 0 Å². The van der Waals surface area contributed by atoms with E-state index < -0.39 is 8.07 Å². The topological polar surface area (TPSA) is 30.7 Å². The summed E-state index contributed by atoms with van der Waals surface area (Å²) < 4.78 is 2.28. The van der Waals surface area contributed by atoms with Crippen LogP contribution in [0.4, 0.5) is 0 Å². The van der Waals surface area contributed by atoms with Crippen LogP contribution in [0.15, 0.2) is 146 Å². The second kappa shape index (κ2) is 9.50. The predicted molar refractivity (Wildman–Crippen MR) is 165 cm³/mol. The lowest BCUT2D eigenvalue weighted by Gasteiger charge is -2.34. The van der Waals surface area contributed by atoms with Crippen LogP contribution in [-0.4, -0.2) is 22.6 Å². The largest absolute Gasteiger partial charge is 0.306 e. The van der Waals surface area contributed by atoms with Gasteiger partial charge in [-0.25, -0.2) is 9.97 Å². The van der Waals surface area contributed by atoms with Crippen LogP contribution in [-0.2, 0) is 0 Å². The molecule has 0 radical (unpaired) electrons. The van der Waals surface area contributed by atoms with Crippen molar-refractivity contribution in [3.8, 4) is 5.69 Å². The van der Waals surface area contributed by atoms with Gasteiger partial charge in [0, 0.05) is 10.8 Å². The number of nitrogens with zero attached hydrogens (tertiary/aromatic N) is 3. The number of fused-ring (bicyclic) bond motifs is 3. The Morgan fingerprint density at radius 2 is 1.00 bits per heavy atom. The van der Waals surface area contributed by atoms with Crippen molar-refractivity contribution in [3.63, 3.8) is 0 Å². The predicted octanol–water partition coefficient (Wildman–Crippen LogP) is 5.26. The second-order valence-electron chi connectivity index (χ2n) is 10.0. The van der Waals surface area contributed by atoms with Crippen molar-refractivity contribution in [2.24, 2.45) is 0 Å². The van der Waals surface area contributed by atoms with Gasteiger partial charge < -0.3 is 4.57 Å². The normalized spacial score (nSPS) is 11.7. The Morgan fingerprint density at radius 1 is 0.513 bits per heavy atom. The van der Waals surface area contributed by atoms with Crippen LogP contribution in [0.5, 0.6) is 0 Å². The van der Waals surface area contributed by atoms with E-state index in [0.717, 1.165) is 16.7 Å².